The highest BCUT2D eigenvalue weighted by Gasteiger charge is 2.26. The summed E-state index contributed by atoms with van der Waals surface area (Å²) in [6.45, 7) is -2.67. The molecular weight excluding hydrogens is 523 g/mol. The minimum absolute atomic E-state index is 0.0783. The molecule has 1 aliphatic carbocycles. The minimum atomic E-state index is -3.03. The van der Waals surface area contributed by atoms with Gasteiger partial charge < -0.3 is 14.2 Å². The second-order valence-corrected chi connectivity index (χ2v) is 9.77. The molecule has 0 amide bonds. The number of pyridine rings is 1. The Morgan fingerprint density at radius 2 is 1.89 bits per heavy atom. The normalized spacial score (nSPS) is 14.0. The van der Waals surface area contributed by atoms with Crippen LogP contribution in [0.5, 0.6) is 11.5 Å². The zero-order valence-electron chi connectivity index (χ0n) is 18.1. The van der Waals surface area contributed by atoms with Crippen LogP contribution in [0.1, 0.15) is 49.4 Å². The predicted molar refractivity (Wildman–Crippen MR) is 127 cm³/mol. The first-order valence-electron chi connectivity index (χ1n) is 10.6. The average molecular weight is 542 g/mol. The summed E-state index contributed by atoms with van der Waals surface area (Å²) < 4.78 is 42.0. The first kappa shape index (κ1) is 25.3. The van der Waals surface area contributed by atoms with Crippen LogP contribution in [0.15, 0.2) is 42.7 Å². The van der Waals surface area contributed by atoms with Crippen molar-refractivity contribution in [3.8, 4) is 11.5 Å². The van der Waals surface area contributed by atoms with Crippen LogP contribution in [0, 0.1) is 5.92 Å². The lowest BCUT2D eigenvalue weighted by Gasteiger charge is -2.21. The van der Waals surface area contributed by atoms with Crippen LogP contribution >= 0.6 is 34.5 Å². The van der Waals surface area contributed by atoms with Gasteiger partial charge in [-0.15, -0.1) is 11.3 Å². The Bertz CT molecular complexity index is 1200. The van der Waals surface area contributed by atoms with E-state index in [1.807, 2.05) is 0 Å². The van der Waals surface area contributed by atoms with E-state index >= 15 is 0 Å². The molecule has 1 saturated carbocycles. The molecule has 3 aromatic rings. The Morgan fingerprint density at radius 3 is 2.51 bits per heavy atom. The summed E-state index contributed by atoms with van der Waals surface area (Å²) in [5.74, 6) is -0.305. The van der Waals surface area contributed by atoms with Gasteiger partial charge in [0.2, 0.25) is 0 Å². The minimum Gasteiger partial charge on any atom is -0.489 e. The van der Waals surface area contributed by atoms with Crippen molar-refractivity contribution in [3.05, 3.63) is 73.7 Å². The maximum absolute atomic E-state index is 12.9. The highest BCUT2D eigenvalue weighted by Crippen LogP contribution is 2.38. The summed E-state index contributed by atoms with van der Waals surface area (Å²) in [7, 11) is 0. The molecule has 0 N–H and O–H groups in total. The Labute approximate surface area is 213 Å². The van der Waals surface area contributed by atoms with E-state index < -0.39 is 18.7 Å². The number of ether oxygens (including phenoxy) is 3. The molecule has 0 aliphatic heterocycles. The Hall–Kier alpha value is -2.75. The van der Waals surface area contributed by atoms with Gasteiger partial charge in [-0.1, -0.05) is 29.3 Å². The Balaban J connectivity index is 1.67. The number of halogens is 4. The summed E-state index contributed by atoms with van der Waals surface area (Å²) in [6, 6.07) is 7.36. The van der Waals surface area contributed by atoms with Gasteiger partial charge in [0.05, 0.1) is 21.5 Å². The van der Waals surface area contributed by atoms with E-state index in [2.05, 4.69) is 9.72 Å². The monoisotopic (exact) mass is 541 g/mol. The van der Waals surface area contributed by atoms with Crippen molar-refractivity contribution in [1.82, 2.24) is 4.98 Å². The number of hydrogen-bond donors (Lipinski definition) is 0. The third kappa shape index (κ3) is 6.68. The molecule has 4 rings (SSSR count). The maximum atomic E-state index is 12.9. The molecule has 0 unspecified atom stereocenters. The van der Waals surface area contributed by atoms with Crippen LogP contribution in [0.4, 0.5) is 8.78 Å². The van der Waals surface area contributed by atoms with E-state index in [-0.39, 0.29) is 32.8 Å². The van der Waals surface area contributed by atoms with E-state index in [4.69, 9.17) is 32.7 Å². The van der Waals surface area contributed by atoms with Gasteiger partial charge in [0, 0.05) is 18.8 Å². The largest absolute Gasteiger partial charge is 0.489 e. The first-order valence-corrected chi connectivity index (χ1v) is 12.2. The van der Waals surface area contributed by atoms with Crippen LogP contribution < -0.4 is 9.47 Å². The number of nitrogens with zero attached hydrogens (tertiary/aromatic N) is 1. The van der Waals surface area contributed by atoms with Crippen molar-refractivity contribution < 1.29 is 32.6 Å². The number of esters is 1. The number of carbonyl (C=O) groups excluding carboxylic acids is 2. The van der Waals surface area contributed by atoms with Crippen molar-refractivity contribution >= 4 is 46.8 Å². The molecule has 2 aromatic heterocycles. The van der Waals surface area contributed by atoms with Gasteiger partial charge in [0.1, 0.15) is 11.0 Å². The van der Waals surface area contributed by atoms with Gasteiger partial charge in [-0.3, -0.25) is 9.78 Å². The molecule has 1 aromatic carbocycles. The number of rotatable bonds is 11. The zero-order valence-corrected chi connectivity index (χ0v) is 20.4. The van der Waals surface area contributed by atoms with Gasteiger partial charge in [0.25, 0.3) is 0 Å². The van der Waals surface area contributed by atoms with Crippen LogP contribution in [0.2, 0.25) is 10.0 Å². The third-order valence-electron chi connectivity index (χ3n) is 5.26. The molecule has 184 valence electrons. The summed E-state index contributed by atoms with van der Waals surface area (Å²) in [5, 5.41) is 0.557. The number of aromatic nitrogens is 1. The fraction of sp³-hybridized carbons (Fsp3) is 0.292. The lowest BCUT2D eigenvalue weighted by atomic mass is 10.0. The SMILES string of the molecule is O=Cc1ccc(C(=O)O[C@@H](Cc2c(Cl)cncc2Cl)c2ccc(OC(F)F)c(OCC3CC3)c2)s1. The molecule has 1 atom stereocenters. The van der Waals surface area contributed by atoms with Crippen LogP contribution in [0.3, 0.4) is 0 Å². The van der Waals surface area contributed by atoms with Crippen LogP contribution in [0.25, 0.3) is 0 Å². The smallest absolute Gasteiger partial charge is 0.387 e. The molecule has 6 nitrogen and oxygen atoms in total. The van der Waals surface area contributed by atoms with Crippen LogP contribution in [-0.2, 0) is 11.2 Å². The number of alkyl halides is 2. The van der Waals surface area contributed by atoms with Crippen molar-refractivity contribution in [2.75, 3.05) is 6.61 Å². The first-order chi connectivity index (χ1) is 16.8. The Morgan fingerprint density at radius 1 is 1.14 bits per heavy atom. The molecule has 35 heavy (non-hydrogen) atoms. The fourth-order valence-electron chi connectivity index (χ4n) is 3.28. The molecule has 2 heterocycles. The molecule has 0 bridgehead atoms. The van der Waals surface area contributed by atoms with Crippen LogP contribution in [-0.4, -0.2) is 30.5 Å². The molecule has 1 fully saturated rings. The van der Waals surface area contributed by atoms with Crippen molar-refractivity contribution in [2.45, 2.75) is 32.0 Å². The second kappa shape index (κ2) is 11.3. The third-order valence-corrected chi connectivity index (χ3v) is 6.90. The molecular formula is C24H19Cl2F2NO5S. The van der Waals surface area contributed by atoms with E-state index in [1.165, 1.54) is 42.7 Å². The summed E-state index contributed by atoms with van der Waals surface area (Å²) >= 11 is 13.6. The molecule has 0 saturated heterocycles. The summed E-state index contributed by atoms with van der Waals surface area (Å²) in [4.78, 5) is 28.4. The topological polar surface area (TPSA) is 74.7 Å². The predicted octanol–water partition coefficient (Wildman–Crippen LogP) is 6.79. The molecule has 0 radical (unpaired) electrons. The fourth-order valence-corrected chi connectivity index (χ4v) is 4.51. The average Bonchev–Trinajstić information content (AvgIpc) is 3.53. The van der Waals surface area contributed by atoms with Gasteiger partial charge in [0.15, 0.2) is 17.8 Å². The zero-order chi connectivity index (χ0) is 24.9. The summed E-state index contributed by atoms with van der Waals surface area (Å²) in [6.07, 6.45) is 4.66. The second-order valence-electron chi connectivity index (χ2n) is 7.84. The van der Waals surface area contributed by atoms with E-state index in [0.717, 1.165) is 24.2 Å². The lowest BCUT2D eigenvalue weighted by molar-refractivity contribution is -0.0515. The number of hydrogen-bond acceptors (Lipinski definition) is 7. The van der Waals surface area contributed by atoms with Gasteiger partial charge in [-0.25, -0.2) is 4.79 Å². The van der Waals surface area contributed by atoms with Crippen molar-refractivity contribution in [3.63, 3.8) is 0 Å². The van der Waals surface area contributed by atoms with Gasteiger partial charge in [-0.2, -0.15) is 8.78 Å². The number of thiophene rings is 1. The quantitative estimate of drug-likeness (QED) is 0.196. The van der Waals surface area contributed by atoms with Gasteiger partial charge >= 0.3 is 12.6 Å². The lowest BCUT2D eigenvalue weighted by Crippen LogP contribution is -2.15. The number of aldehydes is 1. The van der Waals surface area contributed by atoms with E-state index in [0.29, 0.717) is 34.8 Å². The van der Waals surface area contributed by atoms with Gasteiger partial charge in [-0.05, 0) is 54.2 Å². The van der Waals surface area contributed by atoms with Crippen molar-refractivity contribution in [1.29, 1.82) is 0 Å². The molecule has 11 heteroatoms. The van der Waals surface area contributed by atoms with E-state index in [9.17, 15) is 18.4 Å². The highest BCUT2D eigenvalue weighted by atomic mass is 35.5. The Kier molecular flexibility index (Phi) is 8.20. The summed E-state index contributed by atoms with van der Waals surface area (Å²) in [5.41, 5.74) is 0.955. The number of benzene rings is 1. The molecule has 0 spiro atoms. The maximum Gasteiger partial charge on any atom is 0.387 e. The highest BCUT2D eigenvalue weighted by molar-refractivity contribution is 7.15. The number of carbonyl (C=O) groups is 2. The standard InChI is InChI=1S/C24H19Cl2F2NO5S/c25-17-9-29-10-18(26)16(17)8-20(33-23(31)22-6-4-15(11-30)35-22)14-3-5-19(34-24(27)28)21(7-14)32-12-13-1-2-13/h3-7,9-11,13,20,24H,1-2,8,12H2/t20-/m0/s1. The molecule has 1 aliphatic rings. The van der Waals surface area contributed by atoms with Crippen molar-refractivity contribution in [2.24, 2.45) is 5.92 Å². The van der Waals surface area contributed by atoms with E-state index in [1.54, 1.807) is 0 Å².